The summed E-state index contributed by atoms with van der Waals surface area (Å²) in [6.07, 6.45) is 2.44. The molecule has 0 spiro atoms. The van der Waals surface area contributed by atoms with Crippen LogP contribution in [0.5, 0.6) is 0 Å². The lowest BCUT2D eigenvalue weighted by atomic mass is 9.96. The van der Waals surface area contributed by atoms with E-state index in [1.165, 1.54) is 11.5 Å². The molecule has 0 aromatic heterocycles. The van der Waals surface area contributed by atoms with Crippen molar-refractivity contribution in [2.45, 2.75) is 31.5 Å². The summed E-state index contributed by atoms with van der Waals surface area (Å²) in [5.74, 6) is -1.13. The Bertz CT molecular complexity index is 515. The van der Waals surface area contributed by atoms with Gasteiger partial charge in [-0.1, -0.05) is 6.07 Å². The summed E-state index contributed by atoms with van der Waals surface area (Å²) in [6.45, 7) is 2.08. The van der Waals surface area contributed by atoms with Crippen LogP contribution in [0.25, 0.3) is 0 Å². The van der Waals surface area contributed by atoms with E-state index >= 15 is 0 Å². The third kappa shape index (κ3) is 2.54. The summed E-state index contributed by atoms with van der Waals surface area (Å²) in [7, 11) is 0. The first-order valence-electron chi connectivity index (χ1n) is 6.76. The molecule has 3 aliphatic rings. The van der Waals surface area contributed by atoms with Gasteiger partial charge in [0, 0.05) is 30.3 Å². The summed E-state index contributed by atoms with van der Waals surface area (Å²) in [5.41, 5.74) is 2.17. The Morgan fingerprint density at radius 1 is 1.50 bits per heavy atom. The van der Waals surface area contributed by atoms with E-state index in [4.69, 9.17) is 9.94 Å². The van der Waals surface area contributed by atoms with Crippen LogP contribution in [0.2, 0.25) is 0 Å². The van der Waals surface area contributed by atoms with Gasteiger partial charge < -0.3 is 4.74 Å². The molecule has 0 unspecified atom stereocenters. The van der Waals surface area contributed by atoms with Crippen LogP contribution >= 0.6 is 0 Å². The largest absolute Gasteiger partial charge is 0.375 e. The molecule has 1 aromatic rings. The van der Waals surface area contributed by atoms with Gasteiger partial charge in [0.05, 0.1) is 12.7 Å². The number of halogens is 1. The maximum Gasteiger partial charge on any atom is 0.274 e. The predicted octanol–water partition coefficient (Wildman–Crippen LogP) is 1.31. The molecule has 3 saturated heterocycles. The second-order valence-corrected chi connectivity index (χ2v) is 5.36. The van der Waals surface area contributed by atoms with Gasteiger partial charge in [0.25, 0.3) is 5.91 Å². The average molecular weight is 280 g/mol. The number of hydroxylamine groups is 1. The van der Waals surface area contributed by atoms with Crippen molar-refractivity contribution >= 4 is 5.91 Å². The lowest BCUT2D eigenvalue weighted by Gasteiger charge is -2.45. The molecular weight excluding hydrogens is 263 g/mol. The minimum Gasteiger partial charge on any atom is -0.375 e. The monoisotopic (exact) mass is 280 g/mol. The summed E-state index contributed by atoms with van der Waals surface area (Å²) in [5, 5.41) is 8.54. The van der Waals surface area contributed by atoms with Crippen LogP contribution in [0.1, 0.15) is 28.8 Å². The molecule has 4 rings (SSSR count). The van der Waals surface area contributed by atoms with E-state index < -0.39 is 11.7 Å². The lowest BCUT2D eigenvalue weighted by Crippen LogP contribution is -2.53. The molecule has 2 bridgehead atoms. The second kappa shape index (κ2) is 5.47. The Morgan fingerprint density at radius 2 is 2.35 bits per heavy atom. The molecule has 2 atom stereocenters. The van der Waals surface area contributed by atoms with Gasteiger partial charge in [-0.2, -0.15) is 0 Å². The highest BCUT2D eigenvalue weighted by molar-refractivity contribution is 5.93. The quantitative estimate of drug-likeness (QED) is 0.647. The van der Waals surface area contributed by atoms with Crippen LogP contribution in [0.4, 0.5) is 4.39 Å². The van der Waals surface area contributed by atoms with Gasteiger partial charge >= 0.3 is 0 Å². The van der Waals surface area contributed by atoms with E-state index in [-0.39, 0.29) is 11.7 Å². The average Bonchev–Trinajstić information content (AvgIpc) is 2.49. The van der Waals surface area contributed by atoms with E-state index in [0.29, 0.717) is 18.2 Å². The molecule has 1 aromatic carbocycles. The molecule has 0 aliphatic carbocycles. The Hall–Kier alpha value is -1.50. The molecule has 1 amide bonds. The Balaban J connectivity index is 1.73. The van der Waals surface area contributed by atoms with Crippen molar-refractivity contribution in [1.82, 2.24) is 10.4 Å². The molecule has 0 radical (unpaired) electrons. The SMILES string of the molecule is O=C(NO)c1ccc(CN2C[C@@H]3CC[C@H]2CO3)c(F)c1. The van der Waals surface area contributed by atoms with Crippen molar-refractivity contribution in [2.24, 2.45) is 0 Å². The van der Waals surface area contributed by atoms with Gasteiger partial charge in [0.1, 0.15) is 5.82 Å². The Labute approximate surface area is 116 Å². The fourth-order valence-corrected chi connectivity index (χ4v) is 2.93. The fourth-order valence-electron chi connectivity index (χ4n) is 2.93. The first-order chi connectivity index (χ1) is 9.67. The zero-order valence-corrected chi connectivity index (χ0v) is 11.0. The summed E-state index contributed by atoms with van der Waals surface area (Å²) < 4.78 is 19.6. The van der Waals surface area contributed by atoms with Gasteiger partial charge in [-0.05, 0) is 25.0 Å². The van der Waals surface area contributed by atoms with Gasteiger partial charge in [0.2, 0.25) is 0 Å². The molecular formula is C14H17FN2O3. The summed E-state index contributed by atoms with van der Waals surface area (Å²) in [4.78, 5) is 13.5. The number of fused-ring (bicyclic) bond motifs is 3. The summed E-state index contributed by atoms with van der Waals surface area (Å²) >= 11 is 0. The number of amides is 1. The van der Waals surface area contributed by atoms with Crippen LogP contribution < -0.4 is 5.48 Å². The van der Waals surface area contributed by atoms with Gasteiger partial charge in [-0.25, -0.2) is 9.87 Å². The maximum atomic E-state index is 14.0. The van der Waals surface area contributed by atoms with Crippen molar-refractivity contribution in [2.75, 3.05) is 13.2 Å². The van der Waals surface area contributed by atoms with Crippen molar-refractivity contribution in [1.29, 1.82) is 0 Å². The van der Waals surface area contributed by atoms with Crippen LogP contribution in [0.3, 0.4) is 0 Å². The van der Waals surface area contributed by atoms with E-state index in [0.717, 1.165) is 32.1 Å². The predicted molar refractivity (Wildman–Crippen MR) is 68.8 cm³/mol. The zero-order chi connectivity index (χ0) is 14.1. The molecule has 108 valence electrons. The van der Waals surface area contributed by atoms with Crippen molar-refractivity contribution in [3.05, 3.63) is 35.1 Å². The number of piperidine rings is 1. The van der Waals surface area contributed by atoms with E-state index in [1.54, 1.807) is 6.07 Å². The molecule has 0 saturated carbocycles. The van der Waals surface area contributed by atoms with Gasteiger partial charge in [-0.3, -0.25) is 14.9 Å². The third-order valence-electron chi connectivity index (χ3n) is 4.09. The number of nitrogens with zero attached hydrogens (tertiary/aromatic N) is 1. The number of carbonyl (C=O) groups is 1. The Morgan fingerprint density at radius 3 is 2.90 bits per heavy atom. The first-order valence-corrected chi connectivity index (χ1v) is 6.76. The number of nitrogens with one attached hydrogen (secondary N) is 1. The van der Waals surface area contributed by atoms with E-state index in [9.17, 15) is 9.18 Å². The minimum absolute atomic E-state index is 0.109. The van der Waals surface area contributed by atoms with Crippen LogP contribution in [-0.4, -0.2) is 41.3 Å². The highest BCUT2D eigenvalue weighted by atomic mass is 19.1. The minimum atomic E-state index is -0.708. The molecule has 5 nitrogen and oxygen atoms in total. The molecule has 2 N–H and O–H groups in total. The number of carbonyl (C=O) groups excluding carboxylic acids is 1. The lowest BCUT2D eigenvalue weighted by molar-refractivity contribution is -0.109. The Kier molecular flexibility index (Phi) is 3.69. The van der Waals surface area contributed by atoms with E-state index in [2.05, 4.69) is 4.90 Å². The number of hydrogen-bond acceptors (Lipinski definition) is 4. The molecule has 20 heavy (non-hydrogen) atoms. The van der Waals surface area contributed by atoms with Crippen molar-refractivity contribution < 1.29 is 19.1 Å². The zero-order valence-electron chi connectivity index (χ0n) is 11.0. The molecule has 3 aliphatic heterocycles. The second-order valence-electron chi connectivity index (χ2n) is 5.36. The number of ether oxygens (including phenoxy) is 1. The van der Waals surface area contributed by atoms with Gasteiger partial charge in [0.15, 0.2) is 0 Å². The normalized spacial score (nSPS) is 25.7. The molecule has 3 heterocycles. The topological polar surface area (TPSA) is 61.8 Å². The highest BCUT2D eigenvalue weighted by Gasteiger charge is 2.34. The first kappa shape index (κ1) is 13.5. The van der Waals surface area contributed by atoms with Gasteiger partial charge in [-0.15, -0.1) is 0 Å². The standard InChI is InChI=1S/C14H17FN2O3/c15-13-5-9(14(18)16-19)1-2-10(13)6-17-7-12-4-3-11(17)8-20-12/h1-2,5,11-12,19H,3-4,6-8H2,(H,16,18)/t11-,12-/m0/s1. The number of benzene rings is 1. The third-order valence-corrected chi connectivity index (χ3v) is 4.09. The van der Waals surface area contributed by atoms with Crippen molar-refractivity contribution in [3.8, 4) is 0 Å². The fraction of sp³-hybridized carbons (Fsp3) is 0.500. The number of morpholine rings is 1. The van der Waals surface area contributed by atoms with Crippen LogP contribution in [0.15, 0.2) is 18.2 Å². The van der Waals surface area contributed by atoms with Crippen LogP contribution in [-0.2, 0) is 11.3 Å². The maximum absolute atomic E-state index is 14.0. The molecule has 3 fully saturated rings. The highest BCUT2D eigenvalue weighted by Crippen LogP contribution is 2.28. The van der Waals surface area contributed by atoms with E-state index in [1.807, 2.05) is 0 Å². The number of hydrogen-bond donors (Lipinski definition) is 2. The number of rotatable bonds is 3. The van der Waals surface area contributed by atoms with Crippen LogP contribution in [0, 0.1) is 5.82 Å². The van der Waals surface area contributed by atoms with Crippen molar-refractivity contribution in [3.63, 3.8) is 0 Å². The summed E-state index contributed by atoms with van der Waals surface area (Å²) in [6, 6.07) is 4.63. The smallest absolute Gasteiger partial charge is 0.274 e. The molecule has 6 heteroatoms.